The molecule has 0 aliphatic heterocycles. The molecule has 2 aromatic carbocycles. The van der Waals surface area contributed by atoms with Gasteiger partial charge in [-0.3, -0.25) is 10.1 Å². The number of benzene rings is 2. The second-order valence-corrected chi connectivity index (χ2v) is 8.18. The highest BCUT2D eigenvalue weighted by atomic mass is 32.2. The summed E-state index contributed by atoms with van der Waals surface area (Å²) in [5.74, 6) is -0.281. The van der Waals surface area contributed by atoms with E-state index < -0.39 is 10.0 Å². The van der Waals surface area contributed by atoms with Crippen LogP contribution in [0.15, 0.2) is 47.4 Å². The van der Waals surface area contributed by atoms with Crippen LogP contribution in [0.1, 0.15) is 10.4 Å². The molecule has 1 aromatic heterocycles. The highest BCUT2D eigenvalue weighted by molar-refractivity contribution is 7.89. The Morgan fingerprint density at radius 3 is 2.44 bits per heavy atom. The summed E-state index contributed by atoms with van der Waals surface area (Å²) in [5.41, 5.74) is 2.10. The Labute approximate surface area is 149 Å². The van der Waals surface area contributed by atoms with Crippen LogP contribution < -0.4 is 15.4 Å². The molecule has 0 unspecified atom stereocenters. The number of sulfonamides is 1. The third-order valence-electron chi connectivity index (χ3n) is 3.55. The van der Waals surface area contributed by atoms with Crippen molar-refractivity contribution in [2.75, 3.05) is 24.3 Å². The van der Waals surface area contributed by atoms with E-state index in [1.807, 2.05) is 31.1 Å². The number of anilines is 2. The van der Waals surface area contributed by atoms with Crippen molar-refractivity contribution in [3.8, 4) is 0 Å². The maximum absolute atomic E-state index is 12.3. The number of aromatic nitrogens is 1. The minimum atomic E-state index is -3.77. The molecule has 1 heterocycles. The van der Waals surface area contributed by atoms with Crippen molar-refractivity contribution in [1.29, 1.82) is 0 Å². The normalized spacial score (nSPS) is 11.5. The summed E-state index contributed by atoms with van der Waals surface area (Å²) in [4.78, 5) is 18.6. The fraction of sp³-hybridized carbons (Fsp3) is 0.125. The molecule has 3 rings (SSSR count). The molecular weight excluding hydrogens is 360 g/mol. The number of hydrogen-bond donors (Lipinski definition) is 2. The van der Waals surface area contributed by atoms with E-state index in [0.717, 1.165) is 5.69 Å². The molecule has 3 N–H and O–H groups in total. The van der Waals surface area contributed by atoms with Crippen LogP contribution in [0.5, 0.6) is 0 Å². The number of amides is 1. The fourth-order valence-electron chi connectivity index (χ4n) is 2.22. The minimum absolute atomic E-state index is 0.0146. The average Bonchev–Trinajstić information content (AvgIpc) is 2.95. The van der Waals surface area contributed by atoms with E-state index in [9.17, 15) is 13.2 Å². The quantitative estimate of drug-likeness (QED) is 0.727. The maximum Gasteiger partial charge on any atom is 0.257 e. The van der Waals surface area contributed by atoms with E-state index in [1.165, 1.54) is 23.5 Å². The van der Waals surface area contributed by atoms with Gasteiger partial charge in [0.05, 0.1) is 15.1 Å². The number of fused-ring (bicyclic) bond motifs is 1. The van der Waals surface area contributed by atoms with Crippen LogP contribution in [-0.4, -0.2) is 33.4 Å². The molecule has 0 spiro atoms. The van der Waals surface area contributed by atoms with E-state index >= 15 is 0 Å². The molecule has 130 valence electrons. The Hall–Kier alpha value is -2.49. The minimum Gasteiger partial charge on any atom is -0.378 e. The maximum atomic E-state index is 12.3. The van der Waals surface area contributed by atoms with Crippen LogP contribution in [-0.2, 0) is 10.0 Å². The van der Waals surface area contributed by atoms with Gasteiger partial charge in [0.1, 0.15) is 0 Å². The van der Waals surface area contributed by atoms with Crippen LogP contribution >= 0.6 is 11.3 Å². The highest BCUT2D eigenvalue weighted by Gasteiger charge is 2.13. The second-order valence-electron chi connectivity index (χ2n) is 5.59. The number of thiazole rings is 1. The second kappa shape index (κ2) is 6.43. The summed E-state index contributed by atoms with van der Waals surface area (Å²) in [7, 11) is 0.0706. The van der Waals surface area contributed by atoms with Crippen LogP contribution in [0.25, 0.3) is 10.2 Å². The third kappa shape index (κ3) is 3.78. The molecule has 0 radical (unpaired) electrons. The largest absolute Gasteiger partial charge is 0.378 e. The molecule has 0 atom stereocenters. The topological polar surface area (TPSA) is 105 Å². The lowest BCUT2D eigenvalue weighted by atomic mass is 10.2. The first kappa shape index (κ1) is 17.3. The predicted molar refractivity (Wildman–Crippen MR) is 99.7 cm³/mol. The van der Waals surface area contributed by atoms with Crippen LogP contribution in [0, 0.1) is 0 Å². The predicted octanol–water partition coefficient (Wildman–Crippen LogP) is 2.26. The summed E-state index contributed by atoms with van der Waals surface area (Å²) in [6, 6.07) is 11.6. The monoisotopic (exact) mass is 376 g/mol. The SMILES string of the molecule is CN(C)c1ccc(C(=O)Nc2nc3ccc(S(N)(=O)=O)cc3s2)cc1. The highest BCUT2D eigenvalue weighted by Crippen LogP contribution is 2.28. The molecule has 0 saturated carbocycles. The van der Waals surface area contributed by atoms with Crippen molar-refractivity contribution in [2.45, 2.75) is 4.90 Å². The van der Waals surface area contributed by atoms with Gasteiger partial charge in [-0.05, 0) is 42.5 Å². The van der Waals surface area contributed by atoms with Crippen molar-refractivity contribution in [3.05, 3.63) is 48.0 Å². The summed E-state index contributed by atoms with van der Waals surface area (Å²) in [5, 5.41) is 8.25. The lowest BCUT2D eigenvalue weighted by molar-refractivity contribution is 0.102. The summed E-state index contributed by atoms with van der Waals surface area (Å²) in [6.07, 6.45) is 0. The molecule has 7 nitrogen and oxygen atoms in total. The first-order chi connectivity index (χ1) is 11.7. The number of rotatable bonds is 4. The molecule has 25 heavy (non-hydrogen) atoms. The number of carbonyl (C=O) groups is 1. The van der Waals surface area contributed by atoms with Gasteiger partial charge < -0.3 is 4.90 Å². The van der Waals surface area contributed by atoms with Crippen molar-refractivity contribution in [1.82, 2.24) is 4.98 Å². The Kier molecular flexibility index (Phi) is 4.46. The standard InChI is InChI=1S/C16H16N4O3S2/c1-20(2)11-5-3-10(4-6-11)15(21)19-16-18-13-8-7-12(25(17,22)23)9-14(13)24-16/h3-9H,1-2H3,(H2,17,22,23)(H,18,19,21). The van der Waals surface area contributed by atoms with Crippen LogP contribution in [0.4, 0.5) is 10.8 Å². The fourth-order valence-corrected chi connectivity index (χ4v) is 3.73. The molecule has 0 saturated heterocycles. The molecule has 0 bridgehead atoms. The van der Waals surface area contributed by atoms with Gasteiger partial charge in [0.2, 0.25) is 10.0 Å². The van der Waals surface area contributed by atoms with E-state index in [2.05, 4.69) is 10.3 Å². The molecule has 3 aromatic rings. The molecule has 0 aliphatic carbocycles. The third-order valence-corrected chi connectivity index (χ3v) is 5.40. The van der Waals surface area contributed by atoms with E-state index in [-0.39, 0.29) is 10.8 Å². The zero-order valence-electron chi connectivity index (χ0n) is 13.6. The van der Waals surface area contributed by atoms with Gasteiger partial charge in [0.15, 0.2) is 5.13 Å². The van der Waals surface area contributed by atoms with Gasteiger partial charge in [-0.2, -0.15) is 0 Å². The van der Waals surface area contributed by atoms with Crippen molar-refractivity contribution in [2.24, 2.45) is 5.14 Å². The van der Waals surface area contributed by atoms with Gasteiger partial charge in [-0.1, -0.05) is 11.3 Å². The van der Waals surface area contributed by atoms with Crippen molar-refractivity contribution < 1.29 is 13.2 Å². The number of nitrogens with zero attached hydrogens (tertiary/aromatic N) is 2. The zero-order valence-corrected chi connectivity index (χ0v) is 15.2. The van der Waals surface area contributed by atoms with Gasteiger partial charge in [0, 0.05) is 25.3 Å². The zero-order chi connectivity index (χ0) is 18.2. The first-order valence-corrected chi connectivity index (χ1v) is 9.62. The number of hydrogen-bond acceptors (Lipinski definition) is 6. The molecule has 1 amide bonds. The van der Waals surface area contributed by atoms with E-state index in [4.69, 9.17) is 5.14 Å². The van der Waals surface area contributed by atoms with Gasteiger partial charge in [-0.25, -0.2) is 18.5 Å². The van der Waals surface area contributed by atoms with Crippen LogP contribution in [0.3, 0.4) is 0 Å². The van der Waals surface area contributed by atoms with Crippen molar-refractivity contribution in [3.63, 3.8) is 0 Å². The Bertz CT molecular complexity index is 1040. The first-order valence-electron chi connectivity index (χ1n) is 7.26. The van der Waals surface area contributed by atoms with Gasteiger partial charge >= 0.3 is 0 Å². The van der Waals surface area contributed by atoms with E-state index in [0.29, 0.717) is 20.9 Å². The molecule has 9 heteroatoms. The molecule has 0 fully saturated rings. The lowest BCUT2D eigenvalue weighted by Gasteiger charge is -2.12. The van der Waals surface area contributed by atoms with Crippen molar-refractivity contribution >= 4 is 48.3 Å². The summed E-state index contributed by atoms with van der Waals surface area (Å²) in [6.45, 7) is 0. The number of primary sulfonamides is 1. The summed E-state index contributed by atoms with van der Waals surface area (Å²) < 4.78 is 23.5. The van der Waals surface area contributed by atoms with Gasteiger partial charge in [0.25, 0.3) is 5.91 Å². The Morgan fingerprint density at radius 2 is 1.84 bits per heavy atom. The Morgan fingerprint density at radius 1 is 1.16 bits per heavy atom. The summed E-state index contributed by atoms with van der Waals surface area (Å²) >= 11 is 1.19. The molecular formula is C16H16N4O3S2. The Balaban J connectivity index is 1.83. The molecule has 0 aliphatic rings. The van der Waals surface area contributed by atoms with E-state index in [1.54, 1.807) is 18.2 Å². The number of nitrogens with one attached hydrogen (secondary N) is 1. The number of carbonyl (C=O) groups excluding carboxylic acids is 1. The smallest absolute Gasteiger partial charge is 0.257 e. The lowest BCUT2D eigenvalue weighted by Crippen LogP contribution is -2.13. The van der Waals surface area contributed by atoms with Gasteiger partial charge in [-0.15, -0.1) is 0 Å². The number of nitrogens with two attached hydrogens (primary N) is 1. The average molecular weight is 376 g/mol. The van der Waals surface area contributed by atoms with Crippen LogP contribution in [0.2, 0.25) is 0 Å².